The molecule has 0 fully saturated rings. The molecule has 0 saturated heterocycles. The van der Waals surface area contributed by atoms with Crippen LogP contribution in [0.2, 0.25) is 0 Å². The van der Waals surface area contributed by atoms with Crippen molar-refractivity contribution in [1.29, 1.82) is 0 Å². The van der Waals surface area contributed by atoms with Crippen LogP contribution in [0.1, 0.15) is 5.56 Å². The van der Waals surface area contributed by atoms with Crippen LogP contribution in [0.5, 0.6) is 0 Å². The van der Waals surface area contributed by atoms with Crippen LogP contribution in [0, 0.1) is 20.1 Å². The molecule has 0 spiro atoms. The van der Waals surface area contributed by atoms with Gasteiger partial charge in [0.1, 0.15) is 0 Å². The summed E-state index contributed by atoms with van der Waals surface area (Å²) < 4.78 is 4.55. The quantitative estimate of drug-likeness (QED) is 0.121. The van der Waals surface area contributed by atoms with Crippen molar-refractivity contribution in [3.63, 3.8) is 0 Å². The first kappa shape index (κ1) is 53.8. The third kappa shape index (κ3) is 9.30. The van der Waals surface area contributed by atoms with Gasteiger partial charge in [-0.05, 0) is 125 Å². The van der Waals surface area contributed by atoms with E-state index in [0.29, 0.717) is 17.1 Å². The second-order valence-corrected chi connectivity index (χ2v) is 22.7. The highest BCUT2D eigenvalue weighted by Crippen LogP contribution is 2.49. The van der Waals surface area contributed by atoms with E-state index < -0.39 is 0 Å². The molecule has 10 aromatic carbocycles. The maximum absolute atomic E-state index is 9.31. The minimum Gasteiger partial charge on any atom is -0.319 e. The van der Waals surface area contributed by atoms with E-state index in [0.717, 1.165) is 156 Å². The molecule has 0 aliphatic carbocycles. The van der Waals surface area contributed by atoms with Crippen molar-refractivity contribution in [2.45, 2.75) is 6.92 Å². The normalized spacial score (nSPS) is 11.3. The molecule has 0 radical (unpaired) electrons. The summed E-state index contributed by atoms with van der Waals surface area (Å²) >= 11 is 0. The molecule has 0 unspecified atom stereocenters. The number of rotatable bonds is 11. The summed E-state index contributed by atoms with van der Waals surface area (Å²) in [5.74, 6) is 0. The van der Waals surface area contributed by atoms with Crippen molar-refractivity contribution in [3.8, 4) is 112 Å². The summed E-state index contributed by atoms with van der Waals surface area (Å²) in [7, 11) is 0. The maximum atomic E-state index is 9.31. The summed E-state index contributed by atoms with van der Waals surface area (Å²) in [4.78, 5) is 28.6. The molecule has 0 saturated carbocycles. The zero-order valence-corrected chi connectivity index (χ0v) is 49.4. The van der Waals surface area contributed by atoms with Gasteiger partial charge < -0.3 is 9.13 Å². The molecule has 6 heterocycles. The molecule has 8 nitrogen and oxygen atoms in total. The molecule has 424 valence electrons. The van der Waals surface area contributed by atoms with E-state index in [4.69, 9.17) is 26.5 Å². The molecule has 16 rings (SSSR count). The van der Waals surface area contributed by atoms with Crippen molar-refractivity contribution in [3.05, 3.63) is 326 Å². The highest BCUT2D eigenvalue weighted by molar-refractivity contribution is 6.15. The average Bonchev–Trinajstić information content (AvgIpc) is 1.60. The Morgan fingerprint density at radius 2 is 0.604 bits per heavy atom. The van der Waals surface area contributed by atoms with Crippen LogP contribution in [0.15, 0.2) is 298 Å². The zero-order valence-electron chi connectivity index (χ0n) is 49.4. The van der Waals surface area contributed by atoms with Gasteiger partial charge in [-0.3, -0.25) is 19.9 Å². The SMILES string of the molecule is [C-]#[N+]c1cc(-n2c3ccc(-c4cccnc4-c4ccccc4)cc3c3cc(-c4cccnc4-c4ccccc4)ccc32)c(-c2c(C)cccc2[N+]#[C-])cc1-n1c2ccc(-c3cccnc3-c3ccccc3)cc2c2cc(-c3cccnc3-c3ccccc3)ccc21. The number of aryl methyl sites for hydroxylation is 1. The number of pyridine rings is 4. The van der Waals surface area contributed by atoms with Crippen molar-refractivity contribution in [2.75, 3.05) is 0 Å². The van der Waals surface area contributed by atoms with E-state index in [2.05, 4.69) is 183 Å². The minimum atomic E-state index is 0.440. The van der Waals surface area contributed by atoms with E-state index in [1.54, 1.807) is 0 Å². The Kier molecular flexibility index (Phi) is 13.4. The smallest absolute Gasteiger partial charge is 0.212 e. The summed E-state index contributed by atoms with van der Waals surface area (Å²) in [5.41, 5.74) is 24.4. The van der Waals surface area contributed by atoms with E-state index in [9.17, 15) is 6.57 Å². The summed E-state index contributed by atoms with van der Waals surface area (Å²) in [6.07, 6.45) is 7.41. The Balaban J connectivity index is 0.973. The van der Waals surface area contributed by atoms with Crippen LogP contribution < -0.4 is 0 Å². The lowest BCUT2D eigenvalue weighted by molar-refractivity contribution is 1.15. The van der Waals surface area contributed by atoms with Gasteiger partial charge >= 0.3 is 0 Å². The molecular formula is C83H52N8. The molecule has 0 atom stereocenters. The van der Waals surface area contributed by atoms with Gasteiger partial charge in [-0.25, -0.2) is 9.69 Å². The summed E-state index contributed by atoms with van der Waals surface area (Å²) in [5, 5.41) is 4.03. The maximum Gasteiger partial charge on any atom is 0.212 e. The Morgan fingerprint density at radius 3 is 0.934 bits per heavy atom. The van der Waals surface area contributed by atoms with Gasteiger partial charge in [0.25, 0.3) is 0 Å². The van der Waals surface area contributed by atoms with Crippen LogP contribution in [0.4, 0.5) is 11.4 Å². The van der Waals surface area contributed by atoms with Crippen molar-refractivity contribution in [1.82, 2.24) is 29.1 Å². The molecule has 0 aliphatic heterocycles. The molecular weight excluding hydrogens is 1110 g/mol. The van der Waals surface area contributed by atoms with Crippen molar-refractivity contribution >= 4 is 55.0 Å². The highest BCUT2D eigenvalue weighted by Gasteiger charge is 2.26. The molecule has 91 heavy (non-hydrogen) atoms. The van der Waals surface area contributed by atoms with E-state index in [-0.39, 0.29) is 0 Å². The average molecular weight is 1160 g/mol. The van der Waals surface area contributed by atoms with Crippen molar-refractivity contribution in [2.24, 2.45) is 0 Å². The van der Waals surface area contributed by atoms with Gasteiger partial charge in [-0.15, -0.1) is 0 Å². The second kappa shape index (κ2) is 22.6. The molecule has 16 aromatic rings. The lowest BCUT2D eigenvalue weighted by Gasteiger charge is -2.21. The molecule has 0 N–H and O–H groups in total. The summed E-state index contributed by atoms with van der Waals surface area (Å²) in [6, 6.07) is 94.6. The lowest BCUT2D eigenvalue weighted by atomic mass is 9.95. The molecule has 0 bridgehead atoms. The first-order valence-electron chi connectivity index (χ1n) is 30.2. The second-order valence-electron chi connectivity index (χ2n) is 22.7. The van der Waals surface area contributed by atoms with E-state index in [1.807, 2.05) is 140 Å². The van der Waals surface area contributed by atoms with Crippen LogP contribution in [-0.2, 0) is 0 Å². The Labute approximate surface area is 526 Å². The number of aromatic nitrogens is 6. The summed E-state index contributed by atoms with van der Waals surface area (Å²) in [6.45, 7) is 20.1. The first-order valence-corrected chi connectivity index (χ1v) is 30.2. The fourth-order valence-electron chi connectivity index (χ4n) is 13.4. The molecule has 8 heteroatoms. The standard InChI is InChI=1S/C83H52N8/c1-53-21-16-34-71(84-2)79(53)70-51-78(91-75-41-37-60(64-32-19-45-88-82(64)56-26-12-6-13-27-56)49-68(75)69-50-61(38-42-76(69)91)65-33-20-46-89-83(65)57-28-14-7-15-29-57)72(85-3)52-77(70)90-73-39-35-58(62-30-17-43-86-80(62)54-22-8-4-9-23-54)47-66(73)67-48-59(36-40-74(67)90)63-31-18-44-87-81(63)55-24-10-5-11-25-55/h4-52H,1H3. The third-order valence-corrected chi connectivity index (χ3v) is 17.5. The van der Waals surface area contributed by atoms with Gasteiger partial charge in [0.2, 0.25) is 5.69 Å². The first-order chi connectivity index (χ1) is 45.0. The van der Waals surface area contributed by atoms with Gasteiger partial charge in [0.15, 0.2) is 5.69 Å². The van der Waals surface area contributed by atoms with Crippen LogP contribution >= 0.6 is 0 Å². The predicted octanol–water partition coefficient (Wildman–Crippen LogP) is 21.9. The Hall–Kier alpha value is -12.6. The molecule has 6 aromatic heterocycles. The number of hydrogen-bond donors (Lipinski definition) is 0. The number of fused-ring (bicyclic) bond motifs is 6. The Bertz CT molecular complexity index is 5340. The van der Waals surface area contributed by atoms with Gasteiger partial charge in [-0.1, -0.05) is 194 Å². The van der Waals surface area contributed by atoms with Gasteiger partial charge in [0, 0.05) is 96.5 Å². The van der Waals surface area contributed by atoms with Crippen molar-refractivity contribution < 1.29 is 0 Å². The van der Waals surface area contributed by atoms with E-state index in [1.165, 1.54) is 0 Å². The fourth-order valence-corrected chi connectivity index (χ4v) is 13.4. The largest absolute Gasteiger partial charge is 0.319 e. The molecule has 0 amide bonds. The Morgan fingerprint density at radius 1 is 0.275 bits per heavy atom. The molecule has 0 aliphatic rings. The van der Waals surface area contributed by atoms with Gasteiger partial charge in [0.05, 0.1) is 63.7 Å². The van der Waals surface area contributed by atoms with Crippen LogP contribution in [0.3, 0.4) is 0 Å². The number of nitrogens with zero attached hydrogens (tertiary/aromatic N) is 8. The van der Waals surface area contributed by atoms with Crippen LogP contribution in [-0.4, -0.2) is 29.1 Å². The third-order valence-electron chi connectivity index (χ3n) is 17.5. The number of benzene rings is 10. The highest BCUT2D eigenvalue weighted by atomic mass is 15.0. The minimum absolute atomic E-state index is 0.440. The topological polar surface area (TPSA) is 70.1 Å². The fraction of sp³-hybridized carbons (Fsp3) is 0.0120. The van der Waals surface area contributed by atoms with E-state index >= 15 is 0 Å². The predicted molar refractivity (Wildman–Crippen MR) is 372 cm³/mol. The monoisotopic (exact) mass is 1160 g/mol. The number of hydrogen-bond acceptors (Lipinski definition) is 4. The van der Waals surface area contributed by atoms with Crippen LogP contribution in [0.25, 0.3) is 165 Å². The van der Waals surface area contributed by atoms with Gasteiger partial charge in [-0.2, -0.15) is 0 Å². The zero-order chi connectivity index (χ0) is 60.9. The lowest BCUT2D eigenvalue weighted by Crippen LogP contribution is -2.02.